The topological polar surface area (TPSA) is 66.9 Å². The fourth-order valence-electron chi connectivity index (χ4n) is 2.00. The van der Waals surface area contributed by atoms with Gasteiger partial charge in [-0.25, -0.2) is 8.42 Å². The number of rotatable bonds is 3. The van der Waals surface area contributed by atoms with Crippen LogP contribution >= 0.6 is 11.6 Å². The van der Waals surface area contributed by atoms with E-state index in [1.165, 1.54) is 19.2 Å². The summed E-state index contributed by atoms with van der Waals surface area (Å²) in [5.74, 6) is -0.216. The molecule has 2 rings (SSSR count). The molecule has 0 spiro atoms. The summed E-state index contributed by atoms with van der Waals surface area (Å²) < 4.78 is 29.5. The molecule has 1 aliphatic heterocycles. The Morgan fingerprint density at radius 1 is 1.33 bits per heavy atom. The molecule has 1 heterocycles. The first-order chi connectivity index (χ1) is 9.80. The van der Waals surface area contributed by atoms with Crippen LogP contribution in [0.4, 0.5) is 5.69 Å². The van der Waals surface area contributed by atoms with E-state index in [2.05, 4.69) is 0 Å². The Hall–Kier alpha value is -1.31. The predicted molar refractivity (Wildman–Crippen MR) is 81.4 cm³/mol. The molecule has 1 aromatic rings. The standard InChI is InChI=1S/C13H17ClN2O4S/c1-15(21(2,18)19)10-3-4-12(14)11(9-10)13(17)16-5-7-20-8-6-16/h3-4,9H,5-8H2,1-2H3. The SMILES string of the molecule is CN(c1ccc(Cl)c(C(=O)N2CCOCC2)c1)S(C)(=O)=O. The lowest BCUT2D eigenvalue weighted by Gasteiger charge is -2.27. The number of hydrogen-bond acceptors (Lipinski definition) is 4. The van der Waals surface area contributed by atoms with Crippen molar-refractivity contribution in [2.45, 2.75) is 0 Å². The minimum Gasteiger partial charge on any atom is -0.378 e. The third kappa shape index (κ3) is 3.66. The van der Waals surface area contributed by atoms with E-state index in [-0.39, 0.29) is 5.91 Å². The molecule has 1 aliphatic rings. The molecule has 0 saturated carbocycles. The molecule has 8 heteroatoms. The van der Waals surface area contributed by atoms with Crippen LogP contribution in [0.15, 0.2) is 18.2 Å². The molecule has 1 fully saturated rings. The number of morpholine rings is 1. The van der Waals surface area contributed by atoms with Crippen molar-refractivity contribution >= 4 is 33.2 Å². The molecule has 0 atom stereocenters. The van der Waals surface area contributed by atoms with Gasteiger partial charge in [-0.1, -0.05) is 11.6 Å². The van der Waals surface area contributed by atoms with Crippen molar-refractivity contribution < 1.29 is 17.9 Å². The zero-order chi connectivity index (χ0) is 15.6. The number of halogens is 1. The van der Waals surface area contributed by atoms with Gasteiger partial charge in [-0.15, -0.1) is 0 Å². The van der Waals surface area contributed by atoms with Crippen LogP contribution in [0.1, 0.15) is 10.4 Å². The summed E-state index contributed by atoms with van der Waals surface area (Å²) in [5, 5.41) is 0.303. The van der Waals surface area contributed by atoms with Gasteiger partial charge in [0, 0.05) is 20.1 Å². The maximum absolute atomic E-state index is 12.5. The fraction of sp³-hybridized carbons (Fsp3) is 0.462. The van der Waals surface area contributed by atoms with Crippen LogP contribution in [0.5, 0.6) is 0 Å². The quantitative estimate of drug-likeness (QED) is 0.834. The summed E-state index contributed by atoms with van der Waals surface area (Å²) in [6.07, 6.45) is 1.10. The van der Waals surface area contributed by atoms with Crippen LogP contribution in [-0.4, -0.2) is 58.8 Å². The number of amides is 1. The Balaban J connectivity index is 2.33. The minimum absolute atomic E-state index is 0.216. The van der Waals surface area contributed by atoms with Gasteiger partial charge in [-0.05, 0) is 18.2 Å². The van der Waals surface area contributed by atoms with E-state index in [4.69, 9.17) is 16.3 Å². The molecule has 0 N–H and O–H groups in total. The average Bonchev–Trinajstić information content (AvgIpc) is 2.46. The van der Waals surface area contributed by atoms with Gasteiger partial charge in [-0.2, -0.15) is 0 Å². The molecule has 0 aliphatic carbocycles. The maximum atomic E-state index is 12.5. The number of benzene rings is 1. The zero-order valence-corrected chi connectivity index (χ0v) is 13.4. The highest BCUT2D eigenvalue weighted by Crippen LogP contribution is 2.25. The number of hydrogen-bond donors (Lipinski definition) is 0. The van der Waals surface area contributed by atoms with Crippen molar-refractivity contribution in [3.8, 4) is 0 Å². The summed E-state index contributed by atoms with van der Waals surface area (Å²) in [5.41, 5.74) is 0.699. The van der Waals surface area contributed by atoms with Crippen LogP contribution in [-0.2, 0) is 14.8 Å². The third-order valence-corrected chi connectivity index (χ3v) is 4.88. The lowest BCUT2D eigenvalue weighted by atomic mass is 10.1. The van der Waals surface area contributed by atoms with Crippen molar-refractivity contribution in [3.63, 3.8) is 0 Å². The highest BCUT2D eigenvalue weighted by Gasteiger charge is 2.22. The molecule has 0 bridgehead atoms. The second kappa shape index (κ2) is 6.21. The number of nitrogens with zero attached hydrogens (tertiary/aromatic N) is 2. The first-order valence-corrected chi connectivity index (χ1v) is 8.64. The van der Waals surface area contributed by atoms with Crippen molar-refractivity contribution in [1.29, 1.82) is 0 Å². The monoisotopic (exact) mass is 332 g/mol. The van der Waals surface area contributed by atoms with Crippen molar-refractivity contribution in [2.24, 2.45) is 0 Å². The molecule has 6 nitrogen and oxygen atoms in total. The van der Waals surface area contributed by atoms with Crippen LogP contribution in [0, 0.1) is 0 Å². The van der Waals surface area contributed by atoms with Gasteiger partial charge in [0.2, 0.25) is 10.0 Å². The summed E-state index contributed by atoms with van der Waals surface area (Å²) in [4.78, 5) is 14.1. The summed E-state index contributed by atoms with van der Waals surface area (Å²) >= 11 is 6.08. The fourth-order valence-corrected chi connectivity index (χ4v) is 2.70. The molecule has 0 unspecified atom stereocenters. The van der Waals surface area contributed by atoms with Crippen LogP contribution in [0.3, 0.4) is 0 Å². The highest BCUT2D eigenvalue weighted by atomic mass is 35.5. The molecular formula is C13H17ClN2O4S. The molecule has 21 heavy (non-hydrogen) atoms. The largest absolute Gasteiger partial charge is 0.378 e. The molecule has 0 aromatic heterocycles. The van der Waals surface area contributed by atoms with Crippen molar-refractivity contribution in [3.05, 3.63) is 28.8 Å². The van der Waals surface area contributed by atoms with E-state index in [0.29, 0.717) is 42.6 Å². The predicted octanol–water partition coefficient (Wildman–Crippen LogP) is 1.21. The van der Waals surface area contributed by atoms with Gasteiger partial charge in [0.05, 0.1) is 35.7 Å². The first-order valence-electron chi connectivity index (χ1n) is 6.41. The molecular weight excluding hydrogens is 316 g/mol. The van der Waals surface area contributed by atoms with Gasteiger partial charge in [0.15, 0.2) is 0 Å². The molecule has 1 saturated heterocycles. The Morgan fingerprint density at radius 3 is 2.52 bits per heavy atom. The normalized spacial score (nSPS) is 15.9. The number of ether oxygens (including phenoxy) is 1. The Morgan fingerprint density at radius 2 is 1.95 bits per heavy atom. The lowest BCUT2D eigenvalue weighted by molar-refractivity contribution is 0.0303. The highest BCUT2D eigenvalue weighted by molar-refractivity contribution is 7.92. The second-order valence-corrected chi connectivity index (χ2v) is 7.22. The molecule has 116 valence electrons. The average molecular weight is 333 g/mol. The smallest absolute Gasteiger partial charge is 0.255 e. The number of sulfonamides is 1. The Bertz CT molecular complexity index is 642. The van der Waals surface area contributed by atoms with Gasteiger partial charge in [-0.3, -0.25) is 9.10 Å². The van der Waals surface area contributed by atoms with Crippen molar-refractivity contribution in [2.75, 3.05) is 43.9 Å². The zero-order valence-electron chi connectivity index (χ0n) is 11.9. The van der Waals surface area contributed by atoms with Crippen molar-refractivity contribution in [1.82, 2.24) is 4.90 Å². The number of carbonyl (C=O) groups is 1. The molecule has 1 amide bonds. The molecule has 1 aromatic carbocycles. The Labute approximate surface area is 129 Å². The van der Waals surface area contributed by atoms with E-state index in [1.807, 2.05) is 0 Å². The lowest BCUT2D eigenvalue weighted by Crippen LogP contribution is -2.40. The minimum atomic E-state index is -3.39. The van der Waals surface area contributed by atoms with E-state index >= 15 is 0 Å². The molecule has 0 radical (unpaired) electrons. The van der Waals surface area contributed by atoms with Gasteiger partial charge in [0.25, 0.3) is 5.91 Å². The van der Waals surface area contributed by atoms with E-state index in [1.54, 1.807) is 11.0 Å². The van der Waals surface area contributed by atoms with Crippen LogP contribution in [0.25, 0.3) is 0 Å². The third-order valence-electron chi connectivity index (χ3n) is 3.34. The van der Waals surface area contributed by atoms with Crippen LogP contribution in [0.2, 0.25) is 5.02 Å². The Kier molecular flexibility index (Phi) is 4.75. The van der Waals surface area contributed by atoms with E-state index < -0.39 is 10.0 Å². The number of carbonyl (C=O) groups excluding carboxylic acids is 1. The summed E-state index contributed by atoms with van der Waals surface area (Å²) in [6, 6.07) is 4.60. The van der Waals surface area contributed by atoms with Gasteiger partial charge < -0.3 is 9.64 Å². The summed E-state index contributed by atoms with van der Waals surface area (Å²) in [6.45, 7) is 1.99. The van der Waals surface area contributed by atoms with Gasteiger partial charge >= 0.3 is 0 Å². The summed E-state index contributed by atoms with van der Waals surface area (Å²) in [7, 11) is -1.96. The van der Waals surface area contributed by atoms with Crippen LogP contribution < -0.4 is 4.31 Å². The first kappa shape index (κ1) is 16.1. The number of anilines is 1. The van der Waals surface area contributed by atoms with E-state index in [0.717, 1.165) is 10.6 Å². The second-order valence-electron chi connectivity index (χ2n) is 4.80. The van der Waals surface area contributed by atoms with E-state index in [9.17, 15) is 13.2 Å². The van der Waals surface area contributed by atoms with Gasteiger partial charge in [0.1, 0.15) is 0 Å². The maximum Gasteiger partial charge on any atom is 0.255 e.